The molecule has 1 aromatic carbocycles. The lowest BCUT2D eigenvalue weighted by Gasteiger charge is -2.38. The van der Waals surface area contributed by atoms with Crippen LogP contribution in [0, 0.1) is 5.92 Å². The van der Waals surface area contributed by atoms with Crippen molar-refractivity contribution in [2.75, 3.05) is 0 Å². The van der Waals surface area contributed by atoms with Gasteiger partial charge in [0.05, 0.1) is 5.54 Å². The summed E-state index contributed by atoms with van der Waals surface area (Å²) >= 11 is 0. The van der Waals surface area contributed by atoms with Crippen LogP contribution < -0.4 is 5.43 Å². The lowest BCUT2D eigenvalue weighted by molar-refractivity contribution is -0.144. The minimum absolute atomic E-state index is 0.0128. The fraction of sp³-hybridized carbons (Fsp3) is 0.444. The Balaban J connectivity index is 2.15. The standard InChI is InChI=1S/C18H24N2O2/c1-18(2,3)20(17(22)15-12-8-5-9-13-15)19-16(21)14-10-6-4-7-11-14/h4-8,10-11,15H,9,12-13H2,1-3H3,(H,19,21). The van der Waals surface area contributed by atoms with Crippen molar-refractivity contribution in [1.29, 1.82) is 0 Å². The highest BCUT2D eigenvalue weighted by molar-refractivity contribution is 5.95. The second-order valence-electron chi connectivity index (χ2n) is 6.63. The summed E-state index contributed by atoms with van der Waals surface area (Å²) < 4.78 is 0. The van der Waals surface area contributed by atoms with Gasteiger partial charge in [-0.3, -0.25) is 15.0 Å². The van der Waals surface area contributed by atoms with Gasteiger partial charge in [-0.15, -0.1) is 0 Å². The molecule has 1 aliphatic rings. The van der Waals surface area contributed by atoms with E-state index in [-0.39, 0.29) is 17.7 Å². The molecule has 0 radical (unpaired) electrons. The Morgan fingerprint density at radius 1 is 1.14 bits per heavy atom. The van der Waals surface area contributed by atoms with E-state index in [1.165, 1.54) is 5.01 Å². The number of amides is 2. The number of hydrogen-bond acceptors (Lipinski definition) is 2. The van der Waals surface area contributed by atoms with Crippen LogP contribution in [0.15, 0.2) is 42.5 Å². The summed E-state index contributed by atoms with van der Waals surface area (Å²) in [6.07, 6.45) is 6.65. The van der Waals surface area contributed by atoms with Crippen LogP contribution in [0.1, 0.15) is 50.4 Å². The van der Waals surface area contributed by atoms with E-state index in [0.717, 1.165) is 19.3 Å². The van der Waals surface area contributed by atoms with Crippen molar-refractivity contribution in [3.05, 3.63) is 48.0 Å². The molecule has 4 heteroatoms. The maximum Gasteiger partial charge on any atom is 0.269 e. The highest BCUT2D eigenvalue weighted by atomic mass is 16.2. The molecule has 0 bridgehead atoms. The molecule has 0 fully saturated rings. The Morgan fingerprint density at radius 3 is 2.36 bits per heavy atom. The largest absolute Gasteiger partial charge is 0.273 e. The molecule has 0 aromatic heterocycles. The highest BCUT2D eigenvalue weighted by Crippen LogP contribution is 2.23. The number of nitrogens with zero attached hydrogens (tertiary/aromatic N) is 1. The molecule has 2 amide bonds. The van der Waals surface area contributed by atoms with Crippen LogP contribution in [0.2, 0.25) is 0 Å². The van der Waals surface area contributed by atoms with E-state index in [2.05, 4.69) is 11.5 Å². The van der Waals surface area contributed by atoms with Crippen LogP contribution in [-0.4, -0.2) is 22.4 Å². The molecule has 0 heterocycles. The number of benzene rings is 1. The van der Waals surface area contributed by atoms with Gasteiger partial charge in [0.15, 0.2) is 0 Å². The SMILES string of the molecule is CC(C)(C)N(NC(=O)c1ccccc1)C(=O)C1CC=CCC1. The van der Waals surface area contributed by atoms with Gasteiger partial charge in [0.1, 0.15) is 0 Å². The number of allylic oxidation sites excluding steroid dienone is 2. The zero-order valence-corrected chi connectivity index (χ0v) is 13.5. The molecule has 1 unspecified atom stereocenters. The quantitative estimate of drug-likeness (QED) is 0.673. The van der Waals surface area contributed by atoms with E-state index in [9.17, 15) is 9.59 Å². The Labute approximate surface area is 132 Å². The predicted octanol–water partition coefficient (Wildman–Crippen LogP) is 3.31. The molecule has 0 saturated heterocycles. The topological polar surface area (TPSA) is 49.4 Å². The fourth-order valence-corrected chi connectivity index (χ4v) is 2.51. The maximum absolute atomic E-state index is 12.8. The Hall–Kier alpha value is -2.10. The van der Waals surface area contributed by atoms with E-state index in [0.29, 0.717) is 5.56 Å². The molecule has 0 aliphatic heterocycles. The molecule has 118 valence electrons. The van der Waals surface area contributed by atoms with Gasteiger partial charge in [-0.1, -0.05) is 30.4 Å². The van der Waals surface area contributed by atoms with Crippen molar-refractivity contribution < 1.29 is 9.59 Å². The first kappa shape index (κ1) is 16.3. The number of nitrogens with one attached hydrogen (secondary N) is 1. The molecule has 1 aromatic rings. The van der Waals surface area contributed by atoms with Gasteiger partial charge >= 0.3 is 0 Å². The summed E-state index contributed by atoms with van der Waals surface area (Å²) in [5.74, 6) is -0.323. The molecule has 22 heavy (non-hydrogen) atoms. The third-order valence-corrected chi connectivity index (χ3v) is 3.76. The third kappa shape index (κ3) is 3.97. The van der Waals surface area contributed by atoms with E-state index >= 15 is 0 Å². The summed E-state index contributed by atoms with van der Waals surface area (Å²) in [7, 11) is 0. The van der Waals surface area contributed by atoms with E-state index in [1.807, 2.05) is 45.0 Å². The second-order valence-corrected chi connectivity index (χ2v) is 6.63. The van der Waals surface area contributed by atoms with Crippen LogP contribution in [0.3, 0.4) is 0 Å². The monoisotopic (exact) mass is 300 g/mol. The first-order valence-corrected chi connectivity index (χ1v) is 7.74. The van der Waals surface area contributed by atoms with Crippen LogP contribution in [-0.2, 0) is 4.79 Å². The highest BCUT2D eigenvalue weighted by Gasteiger charge is 2.33. The maximum atomic E-state index is 12.8. The Kier molecular flexibility index (Phi) is 5.01. The van der Waals surface area contributed by atoms with Gasteiger partial charge in [0, 0.05) is 11.5 Å². The predicted molar refractivity (Wildman–Crippen MR) is 87.0 cm³/mol. The van der Waals surface area contributed by atoms with Gasteiger partial charge in [0.25, 0.3) is 5.91 Å². The number of hydrazine groups is 1. The molecular formula is C18H24N2O2. The Bertz CT molecular complexity index is 558. The minimum atomic E-state index is -0.470. The molecular weight excluding hydrogens is 276 g/mol. The van der Waals surface area contributed by atoms with Crippen molar-refractivity contribution in [3.8, 4) is 0 Å². The molecule has 0 spiro atoms. The smallest absolute Gasteiger partial charge is 0.269 e. The van der Waals surface area contributed by atoms with Crippen molar-refractivity contribution in [2.24, 2.45) is 5.92 Å². The average molecular weight is 300 g/mol. The summed E-state index contributed by atoms with van der Waals surface area (Å²) in [6, 6.07) is 8.96. The lowest BCUT2D eigenvalue weighted by Crippen LogP contribution is -2.57. The zero-order valence-electron chi connectivity index (χ0n) is 13.5. The first-order chi connectivity index (χ1) is 10.4. The van der Waals surface area contributed by atoms with E-state index in [1.54, 1.807) is 12.1 Å². The molecule has 1 atom stereocenters. The normalized spacial score (nSPS) is 17.9. The zero-order chi connectivity index (χ0) is 16.2. The van der Waals surface area contributed by atoms with E-state index in [4.69, 9.17) is 0 Å². The summed E-state index contributed by atoms with van der Waals surface area (Å²) in [6.45, 7) is 5.78. The number of hydrogen-bond donors (Lipinski definition) is 1. The third-order valence-electron chi connectivity index (χ3n) is 3.76. The van der Waals surface area contributed by atoms with Crippen molar-refractivity contribution in [2.45, 2.75) is 45.6 Å². The first-order valence-electron chi connectivity index (χ1n) is 7.74. The fourth-order valence-electron chi connectivity index (χ4n) is 2.51. The summed E-state index contributed by atoms with van der Waals surface area (Å²) in [5, 5.41) is 1.49. The summed E-state index contributed by atoms with van der Waals surface area (Å²) in [4.78, 5) is 25.2. The molecule has 0 saturated carbocycles. The van der Waals surface area contributed by atoms with Crippen LogP contribution in [0.25, 0.3) is 0 Å². The van der Waals surface area contributed by atoms with Crippen LogP contribution in [0.5, 0.6) is 0 Å². The van der Waals surface area contributed by atoms with Crippen molar-refractivity contribution in [3.63, 3.8) is 0 Å². The number of rotatable bonds is 2. The molecule has 1 N–H and O–H groups in total. The van der Waals surface area contributed by atoms with Gasteiger partial charge in [-0.2, -0.15) is 0 Å². The van der Waals surface area contributed by atoms with Gasteiger partial charge in [-0.25, -0.2) is 5.01 Å². The average Bonchev–Trinajstić information content (AvgIpc) is 2.52. The van der Waals surface area contributed by atoms with Gasteiger partial charge in [0.2, 0.25) is 5.91 Å². The molecule has 1 aliphatic carbocycles. The number of carbonyl (C=O) groups excluding carboxylic acids is 2. The van der Waals surface area contributed by atoms with Gasteiger partial charge < -0.3 is 0 Å². The van der Waals surface area contributed by atoms with Gasteiger partial charge in [-0.05, 0) is 52.2 Å². The number of carbonyl (C=O) groups is 2. The van der Waals surface area contributed by atoms with E-state index < -0.39 is 5.54 Å². The van der Waals surface area contributed by atoms with Crippen LogP contribution >= 0.6 is 0 Å². The van der Waals surface area contributed by atoms with Crippen LogP contribution in [0.4, 0.5) is 0 Å². The Morgan fingerprint density at radius 2 is 1.82 bits per heavy atom. The summed E-state index contributed by atoms with van der Waals surface area (Å²) in [5.41, 5.74) is 2.87. The molecule has 2 rings (SSSR count). The molecule has 4 nitrogen and oxygen atoms in total. The van der Waals surface area contributed by atoms with Crippen molar-refractivity contribution >= 4 is 11.8 Å². The van der Waals surface area contributed by atoms with Crippen molar-refractivity contribution in [1.82, 2.24) is 10.4 Å². The second kappa shape index (κ2) is 6.77. The lowest BCUT2D eigenvalue weighted by atomic mass is 9.92. The minimum Gasteiger partial charge on any atom is -0.273 e.